The molecule has 0 aliphatic heterocycles. The molecule has 1 unspecified atom stereocenters. The second-order valence-electron chi connectivity index (χ2n) is 6.49. The molecule has 3 rings (SSSR count). The minimum Gasteiger partial charge on any atom is -0.493 e. The largest absolute Gasteiger partial charge is 0.493 e. The van der Waals surface area contributed by atoms with E-state index in [9.17, 15) is 13.8 Å². The molecular weight excluding hydrogens is 416 g/mol. The molecule has 0 saturated carbocycles. The predicted octanol–water partition coefficient (Wildman–Crippen LogP) is 3.22. The first kappa shape index (κ1) is 22.0. The average molecular weight is 439 g/mol. The number of carbonyl (C=O) groups is 2. The Morgan fingerprint density at radius 1 is 0.903 bits per heavy atom. The van der Waals surface area contributed by atoms with E-state index in [1.165, 1.54) is 26.2 Å². The molecule has 0 heterocycles. The van der Waals surface area contributed by atoms with Gasteiger partial charge in [0.05, 0.1) is 28.4 Å². The number of hydrazine groups is 1. The van der Waals surface area contributed by atoms with Gasteiger partial charge in [0.1, 0.15) is 6.61 Å². The van der Waals surface area contributed by atoms with Gasteiger partial charge in [-0.1, -0.05) is 48.5 Å². The van der Waals surface area contributed by atoms with E-state index in [0.717, 1.165) is 5.56 Å². The van der Waals surface area contributed by atoms with Crippen molar-refractivity contribution >= 4 is 22.6 Å². The highest BCUT2D eigenvalue weighted by Gasteiger charge is 2.22. The highest BCUT2D eigenvalue weighted by molar-refractivity contribution is 7.85. The zero-order chi connectivity index (χ0) is 22.2. The summed E-state index contributed by atoms with van der Waals surface area (Å²) in [6.45, 7) is 1.54. The lowest BCUT2D eigenvalue weighted by Gasteiger charge is -2.16. The highest BCUT2D eigenvalue weighted by atomic mass is 32.2. The van der Waals surface area contributed by atoms with Crippen LogP contribution in [0.25, 0.3) is 0 Å². The summed E-state index contributed by atoms with van der Waals surface area (Å²) in [5.74, 6) is -0.407. The third kappa shape index (κ3) is 5.70. The van der Waals surface area contributed by atoms with Crippen molar-refractivity contribution in [1.29, 1.82) is 0 Å². The Hall–Kier alpha value is -3.65. The second kappa shape index (κ2) is 10.4. The average Bonchev–Trinajstić information content (AvgIpc) is 2.81. The topological polar surface area (TPSA) is 93.7 Å². The lowest BCUT2D eigenvalue weighted by Crippen LogP contribution is -2.40. The molecular formula is C23H22N2O5S. The van der Waals surface area contributed by atoms with E-state index in [1.54, 1.807) is 24.3 Å². The smallest absolute Gasteiger partial charge is 0.271 e. The van der Waals surface area contributed by atoms with Gasteiger partial charge in [0.2, 0.25) is 5.91 Å². The normalized spacial score (nSPS) is 11.3. The Balaban J connectivity index is 2.01. The van der Waals surface area contributed by atoms with E-state index in [2.05, 4.69) is 10.9 Å². The van der Waals surface area contributed by atoms with Crippen LogP contribution in [0, 0.1) is 0 Å². The molecule has 7 nitrogen and oxygen atoms in total. The first-order valence-electron chi connectivity index (χ1n) is 9.42. The molecule has 31 heavy (non-hydrogen) atoms. The quantitative estimate of drug-likeness (QED) is 0.553. The van der Waals surface area contributed by atoms with Crippen LogP contribution in [-0.4, -0.2) is 23.1 Å². The van der Waals surface area contributed by atoms with Gasteiger partial charge < -0.3 is 9.47 Å². The van der Waals surface area contributed by atoms with Crippen LogP contribution in [0.1, 0.15) is 22.8 Å². The van der Waals surface area contributed by atoms with E-state index < -0.39 is 22.6 Å². The molecule has 3 aromatic carbocycles. The molecule has 0 aromatic heterocycles. The molecule has 0 spiro atoms. The van der Waals surface area contributed by atoms with Crippen LogP contribution < -0.4 is 20.3 Å². The fraction of sp³-hybridized carbons (Fsp3) is 0.130. The number of methoxy groups -OCH3 is 1. The molecule has 0 fully saturated rings. The standard InChI is InChI=1S/C23H22N2O5S/c1-16(26)24-25-23(27)19-13-20(29-2)21(30-15-17-9-5-3-6-10-17)14-22(19)31(28)18-11-7-4-8-12-18/h3-14H,15H2,1-2H3,(H,24,26)(H,25,27). The van der Waals surface area contributed by atoms with Gasteiger partial charge >= 0.3 is 0 Å². The molecule has 160 valence electrons. The van der Waals surface area contributed by atoms with Crippen LogP contribution in [0.4, 0.5) is 0 Å². The minimum atomic E-state index is -1.67. The lowest BCUT2D eigenvalue weighted by molar-refractivity contribution is -0.119. The summed E-state index contributed by atoms with van der Waals surface area (Å²) in [5.41, 5.74) is 5.59. The van der Waals surface area contributed by atoms with Crippen LogP contribution in [0.15, 0.2) is 82.6 Å². The summed E-state index contributed by atoms with van der Waals surface area (Å²) in [4.78, 5) is 24.7. The third-order valence-electron chi connectivity index (χ3n) is 4.26. The van der Waals surface area contributed by atoms with Crippen LogP contribution >= 0.6 is 0 Å². The van der Waals surface area contributed by atoms with Crippen molar-refractivity contribution in [1.82, 2.24) is 10.9 Å². The summed E-state index contributed by atoms with van der Waals surface area (Å²) in [6.07, 6.45) is 0. The van der Waals surface area contributed by atoms with Gasteiger partial charge in [0, 0.05) is 17.9 Å². The molecule has 8 heteroatoms. The Labute approximate surface area is 182 Å². The van der Waals surface area contributed by atoms with Crippen LogP contribution in [0.2, 0.25) is 0 Å². The van der Waals surface area contributed by atoms with Crippen molar-refractivity contribution < 1.29 is 23.3 Å². The van der Waals surface area contributed by atoms with Crippen molar-refractivity contribution in [3.05, 3.63) is 83.9 Å². The number of rotatable bonds is 7. The number of hydrogen-bond donors (Lipinski definition) is 2. The van der Waals surface area contributed by atoms with Crippen molar-refractivity contribution in [2.75, 3.05) is 7.11 Å². The van der Waals surface area contributed by atoms with Crippen LogP contribution in [0.3, 0.4) is 0 Å². The third-order valence-corrected chi connectivity index (χ3v) is 5.69. The van der Waals surface area contributed by atoms with Gasteiger partial charge in [0.25, 0.3) is 5.91 Å². The molecule has 2 N–H and O–H groups in total. The Kier molecular flexibility index (Phi) is 7.40. The summed E-state index contributed by atoms with van der Waals surface area (Å²) in [6, 6.07) is 21.3. The lowest BCUT2D eigenvalue weighted by atomic mass is 10.2. The van der Waals surface area contributed by atoms with E-state index in [-0.39, 0.29) is 17.1 Å². The summed E-state index contributed by atoms with van der Waals surface area (Å²) < 4.78 is 24.6. The highest BCUT2D eigenvalue weighted by Crippen LogP contribution is 2.34. The Morgan fingerprint density at radius 3 is 2.16 bits per heavy atom. The first-order chi connectivity index (χ1) is 15.0. The van der Waals surface area contributed by atoms with E-state index >= 15 is 0 Å². The van der Waals surface area contributed by atoms with Gasteiger partial charge in [-0.3, -0.25) is 20.4 Å². The molecule has 0 bridgehead atoms. The maximum Gasteiger partial charge on any atom is 0.271 e. The van der Waals surface area contributed by atoms with Gasteiger partial charge in [-0.25, -0.2) is 4.21 Å². The van der Waals surface area contributed by atoms with E-state index in [0.29, 0.717) is 16.4 Å². The molecule has 0 aliphatic carbocycles. The predicted molar refractivity (Wildman–Crippen MR) is 116 cm³/mol. The summed E-state index contributed by atoms with van der Waals surface area (Å²) >= 11 is 0. The van der Waals surface area contributed by atoms with Gasteiger partial charge in [-0.05, 0) is 23.8 Å². The van der Waals surface area contributed by atoms with Crippen molar-refractivity contribution in [3.8, 4) is 11.5 Å². The molecule has 0 radical (unpaired) electrons. The summed E-state index contributed by atoms with van der Waals surface area (Å²) in [7, 11) is -0.218. The molecule has 3 aromatic rings. The van der Waals surface area contributed by atoms with Gasteiger partial charge in [0.15, 0.2) is 11.5 Å². The maximum absolute atomic E-state index is 13.3. The van der Waals surface area contributed by atoms with Crippen molar-refractivity contribution in [2.45, 2.75) is 23.3 Å². The zero-order valence-electron chi connectivity index (χ0n) is 17.1. The zero-order valence-corrected chi connectivity index (χ0v) is 17.9. The molecule has 1 atom stereocenters. The van der Waals surface area contributed by atoms with Gasteiger partial charge in [-0.2, -0.15) is 0 Å². The Bertz CT molecular complexity index is 1090. The number of benzene rings is 3. The number of carbonyl (C=O) groups excluding carboxylic acids is 2. The minimum absolute atomic E-state index is 0.0971. The summed E-state index contributed by atoms with van der Waals surface area (Å²) in [5, 5.41) is 0. The molecule has 2 amide bonds. The fourth-order valence-corrected chi connectivity index (χ4v) is 3.99. The first-order valence-corrected chi connectivity index (χ1v) is 10.6. The Morgan fingerprint density at radius 2 is 1.55 bits per heavy atom. The van der Waals surface area contributed by atoms with Crippen LogP contribution in [0.5, 0.6) is 11.5 Å². The van der Waals surface area contributed by atoms with Crippen LogP contribution in [-0.2, 0) is 22.2 Å². The monoisotopic (exact) mass is 438 g/mol. The maximum atomic E-state index is 13.3. The molecule has 0 saturated heterocycles. The van der Waals surface area contributed by atoms with E-state index in [4.69, 9.17) is 9.47 Å². The fourth-order valence-electron chi connectivity index (χ4n) is 2.76. The number of nitrogens with one attached hydrogen (secondary N) is 2. The second-order valence-corrected chi connectivity index (χ2v) is 7.94. The van der Waals surface area contributed by atoms with Gasteiger partial charge in [-0.15, -0.1) is 0 Å². The van der Waals surface area contributed by atoms with Crippen molar-refractivity contribution in [2.24, 2.45) is 0 Å². The number of hydrogen-bond acceptors (Lipinski definition) is 5. The SMILES string of the molecule is COc1cc(C(=O)NNC(C)=O)c(S(=O)c2ccccc2)cc1OCc1ccccc1. The molecule has 0 aliphatic rings. The van der Waals surface area contributed by atoms with E-state index in [1.807, 2.05) is 36.4 Å². The number of amides is 2. The van der Waals surface area contributed by atoms with Crippen molar-refractivity contribution in [3.63, 3.8) is 0 Å². The number of ether oxygens (including phenoxy) is 2.